The molecule has 5 nitrogen and oxygen atoms in total. The van der Waals surface area contributed by atoms with Crippen LogP contribution in [0.1, 0.15) is 10.4 Å². The number of carbonyl (C=O) groups is 1. The van der Waals surface area contributed by atoms with Gasteiger partial charge in [-0.3, -0.25) is 0 Å². The lowest BCUT2D eigenvalue weighted by atomic mass is 10.2. The fraction of sp³-hybridized carbons (Fsp3) is 0.0833. The smallest absolute Gasteiger partial charge is 0.335 e. The summed E-state index contributed by atoms with van der Waals surface area (Å²) in [4.78, 5) is 12.5. The van der Waals surface area contributed by atoms with Gasteiger partial charge in [0.15, 0.2) is 10.3 Å². The van der Waals surface area contributed by atoms with Gasteiger partial charge in [0.1, 0.15) is 0 Å². The molecular weight excluding hydrogens is 289 g/mol. The maximum absolute atomic E-state index is 10.8. The molecule has 2 aromatic rings. The van der Waals surface area contributed by atoms with E-state index < -0.39 is 5.97 Å². The fourth-order valence-corrected chi connectivity index (χ4v) is 1.91. The molecule has 0 atom stereocenters. The van der Waals surface area contributed by atoms with Gasteiger partial charge in [-0.25, -0.2) is 4.79 Å². The highest BCUT2D eigenvalue weighted by atomic mass is 35.5. The topological polar surface area (TPSA) is 66.3 Å². The monoisotopic (exact) mass is 297 g/mol. The number of rotatable bonds is 3. The maximum atomic E-state index is 10.8. The Bertz CT molecular complexity index is 617. The van der Waals surface area contributed by atoms with E-state index in [1.807, 2.05) is 0 Å². The van der Waals surface area contributed by atoms with Crippen LogP contribution in [-0.2, 0) is 0 Å². The summed E-state index contributed by atoms with van der Waals surface area (Å²) in [6.07, 6.45) is 0. The number of halogens is 2. The third-order valence-corrected chi connectivity index (χ3v) is 3.02. The van der Waals surface area contributed by atoms with Gasteiger partial charge in [0.05, 0.1) is 11.3 Å². The molecule has 0 aliphatic rings. The second-order valence-corrected chi connectivity index (χ2v) is 4.50. The molecule has 0 radical (unpaired) electrons. The Kier molecular flexibility index (Phi) is 3.87. The van der Waals surface area contributed by atoms with Crippen LogP contribution in [0.2, 0.25) is 10.3 Å². The van der Waals surface area contributed by atoms with Crippen molar-refractivity contribution in [2.75, 3.05) is 11.9 Å². The molecule has 0 saturated heterocycles. The predicted molar refractivity (Wildman–Crippen MR) is 73.5 cm³/mol. The molecule has 1 heterocycles. The largest absolute Gasteiger partial charge is 0.478 e. The van der Waals surface area contributed by atoms with Crippen molar-refractivity contribution in [3.8, 4) is 0 Å². The minimum absolute atomic E-state index is 0.217. The van der Waals surface area contributed by atoms with E-state index in [1.54, 1.807) is 30.1 Å². The quantitative estimate of drug-likeness (QED) is 0.942. The number of hydrogen-bond acceptors (Lipinski definition) is 4. The van der Waals surface area contributed by atoms with Gasteiger partial charge in [0.2, 0.25) is 0 Å². The van der Waals surface area contributed by atoms with E-state index in [-0.39, 0.29) is 15.9 Å². The highest BCUT2D eigenvalue weighted by molar-refractivity contribution is 6.33. The van der Waals surface area contributed by atoms with Gasteiger partial charge in [-0.15, -0.1) is 10.2 Å². The van der Waals surface area contributed by atoms with Crippen LogP contribution in [0.3, 0.4) is 0 Å². The molecule has 1 aromatic carbocycles. The highest BCUT2D eigenvalue weighted by Crippen LogP contribution is 2.30. The van der Waals surface area contributed by atoms with Crippen molar-refractivity contribution in [1.82, 2.24) is 10.2 Å². The number of hydrogen-bond donors (Lipinski definition) is 1. The number of carboxylic acid groups (broad SMARTS) is 1. The molecule has 1 N–H and O–H groups in total. The molecule has 98 valence electrons. The summed E-state index contributed by atoms with van der Waals surface area (Å²) in [5.74, 6) is -0.971. The molecule has 0 unspecified atom stereocenters. The van der Waals surface area contributed by atoms with E-state index in [0.29, 0.717) is 5.69 Å². The van der Waals surface area contributed by atoms with E-state index >= 15 is 0 Å². The van der Waals surface area contributed by atoms with E-state index in [9.17, 15) is 4.79 Å². The molecule has 7 heteroatoms. The van der Waals surface area contributed by atoms with Crippen LogP contribution in [0.15, 0.2) is 30.3 Å². The van der Waals surface area contributed by atoms with Crippen LogP contribution in [0.4, 0.5) is 11.4 Å². The Labute approximate surface area is 119 Å². The third-order valence-electron chi connectivity index (χ3n) is 2.56. The van der Waals surface area contributed by atoms with E-state index in [4.69, 9.17) is 28.3 Å². The zero-order valence-electron chi connectivity index (χ0n) is 9.84. The molecule has 0 fully saturated rings. The number of anilines is 2. The van der Waals surface area contributed by atoms with Crippen molar-refractivity contribution in [2.24, 2.45) is 0 Å². The maximum Gasteiger partial charge on any atom is 0.335 e. The second kappa shape index (κ2) is 5.42. The summed E-state index contributed by atoms with van der Waals surface area (Å²) in [7, 11) is 1.77. The summed E-state index contributed by atoms with van der Waals surface area (Å²) < 4.78 is 0. The fourth-order valence-electron chi connectivity index (χ4n) is 1.55. The van der Waals surface area contributed by atoms with Crippen molar-refractivity contribution in [2.45, 2.75) is 0 Å². The van der Waals surface area contributed by atoms with Crippen LogP contribution in [-0.4, -0.2) is 28.3 Å². The zero-order chi connectivity index (χ0) is 14.0. The minimum Gasteiger partial charge on any atom is -0.478 e. The van der Waals surface area contributed by atoms with Gasteiger partial charge < -0.3 is 10.0 Å². The molecule has 19 heavy (non-hydrogen) atoms. The van der Waals surface area contributed by atoms with Gasteiger partial charge in [-0.2, -0.15) is 0 Å². The average molecular weight is 298 g/mol. The van der Waals surface area contributed by atoms with E-state index in [2.05, 4.69) is 10.2 Å². The van der Waals surface area contributed by atoms with Crippen LogP contribution in [0.5, 0.6) is 0 Å². The van der Waals surface area contributed by atoms with Crippen molar-refractivity contribution >= 4 is 40.5 Å². The Morgan fingerprint density at radius 1 is 1.21 bits per heavy atom. The molecule has 0 amide bonds. The predicted octanol–water partition coefficient (Wildman–Crippen LogP) is 3.25. The number of aromatic carboxylic acids is 1. The summed E-state index contributed by atoms with van der Waals surface area (Å²) in [5, 5.41) is 16.6. The number of nitrogens with zero attached hydrogens (tertiary/aromatic N) is 3. The summed E-state index contributed by atoms with van der Waals surface area (Å²) in [6.45, 7) is 0. The van der Waals surface area contributed by atoms with E-state index in [1.165, 1.54) is 12.1 Å². The Balaban J connectivity index is 2.35. The molecule has 0 spiro atoms. The lowest BCUT2D eigenvalue weighted by Gasteiger charge is -2.20. The third kappa shape index (κ3) is 2.94. The van der Waals surface area contributed by atoms with Gasteiger partial charge in [-0.1, -0.05) is 23.2 Å². The molecule has 2 rings (SSSR count). The standard InChI is InChI=1S/C12H9Cl2N3O2/c1-17(9-6-10(13)15-16-11(9)14)8-4-2-7(3-5-8)12(18)19/h2-6H,1H3,(H,18,19). The number of benzene rings is 1. The van der Waals surface area contributed by atoms with Crippen molar-refractivity contribution in [3.63, 3.8) is 0 Å². The number of carboxylic acids is 1. The Morgan fingerprint density at radius 2 is 1.84 bits per heavy atom. The number of aromatic nitrogens is 2. The van der Waals surface area contributed by atoms with Gasteiger partial charge in [-0.05, 0) is 24.3 Å². The van der Waals surface area contributed by atoms with Crippen LogP contribution < -0.4 is 4.90 Å². The summed E-state index contributed by atoms with van der Waals surface area (Å²) >= 11 is 11.7. The van der Waals surface area contributed by atoms with E-state index in [0.717, 1.165) is 5.69 Å². The van der Waals surface area contributed by atoms with Gasteiger partial charge in [0.25, 0.3) is 0 Å². The highest BCUT2D eigenvalue weighted by Gasteiger charge is 2.11. The molecule has 0 saturated carbocycles. The van der Waals surface area contributed by atoms with Crippen LogP contribution >= 0.6 is 23.2 Å². The van der Waals surface area contributed by atoms with Crippen LogP contribution in [0, 0.1) is 0 Å². The van der Waals surface area contributed by atoms with Crippen molar-refractivity contribution < 1.29 is 9.90 Å². The van der Waals surface area contributed by atoms with Gasteiger partial charge in [0, 0.05) is 18.8 Å². The second-order valence-electron chi connectivity index (χ2n) is 3.75. The Morgan fingerprint density at radius 3 is 2.42 bits per heavy atom. The minimum atomic E-state index is -0.971. The zero-order valence-corrected chi connectivity index (χ0v) is 11.4. The first kappa shape index (κ1) is 13.6. The molecule has 0 aliphatic carbocycles. The summed E-state index contributed by atoms with van der Waals surface area (Å²) in [5.41, 5.74) is 1.56. The SMILES string of the molecule is CN(c1ccc(C(=O)O)cc1)c1cc(Cl)nnc1Cl. The van der Waals surface area contributed by atoms with Crippen LogP contribution in [0.25, 0.3) is 0 Å². The molecule has 0 aliphatic heterocycles. The van der Waals surface area contributed by atoms with Crippen molar-refractivity contribution in [1.29, 1.82) is 0 Å². The average Bonchev–Trinajstić information content (AvgIpc) is 2.41. The lowest BCUT2D eigenvalue weighted by Crippen LogP contribution is -2.11. The molecular formula is C12H9Cl2N3O2. The summed E-state index contributed by atoms with van der Waals surface area (Å²) in [6, 6.07) is 7.96. The first-order chi connectivity index (χ1) is 8.99. The molecule has 1 aromatic heterocycles. The normalized spacial score (nSPS) is 10.3. The Hall–Kier alpha value is -1.85. The lowest BCUT2D eigenvalue weighted by molar-refractivity contribution is 0.0697. The van der Waals surface area contributed by atoms with Gasteiger partial charge >= 0.3 is 5.97 Å². The first-order valence-electron chi connectivity index (χ1n) is 5.25. The first-order valence-corrected chi connectivity index (χ1v) is 6.00. The molecule has 0 bridgehead atoms. The van der Waals surface area contributed by atoms with Crippen molar-refractivity contribution in [3.05, 3.63) is 46.2 Å².